The van der Waals surface area contributed by atoms with Crippen molar-refractivity contribution in [2.75, 3.05) is 24.3 Å². The predicted molar refractivity (Wildman–Crippen MR) is 118 cm³/mol. The van der Waals surface area contributed by atoms with Gasteiger partial charge in [-0.3, -0.25) is 4.79 Å². The monoisotopic (exact) mass is 441 g/mol. The molecule has 28 heavy (non-hydrogen) atoms. The van der Waals surface area contributed by atoms with Crippen LogP contribution in [0.5, 0.6) is 0 Å². The number of thiazole rings is 1. The maximum Gasteiger partial charge on any atom is 0.238 e. The van der Waals surface area contributed by atoms with E-state index in [2.05, 4.69) is 39.3 Å². The number of nitrogens with one attached hydrogen (secondary N) is 2. The van der Waals surface area contributed by atoms with Crippen molar-refractivity contribution < 1.29 is 13.2 Å². The van der Waals surface area contributed by atoms with Gasteiger partial charge in [0.1, 0.15) is 11.0 Å². The number of hydrogen-bond acceptors (Lipinski definition) is 6. The lowest BCUT2D eigenvalue weighted by Gasteiger charge is -2.17. The first-order chi connectivity index (χ1) is 13.3. The van der Waals surface area contributed by atoms with E-state index in [1.54, 1.807) is 30.0 Å². The Morgan fingerprint density at radius 2 is 2.00 bits per heavy atom. The number of benzene rings is 1. The zero-order valence-electron chi connectivity index (χ0n) is 16.4. The Balaban J connectivity index is 1.90. The SMILES string of the molecule is CCS(=O)(=O)NC(CCSC)C(=O)NCCc1csc(-c2ccc(C)cc2)n1. The summed E-state index contributed by atoms with van der Waals surface area (Å²) >= 11 is 3.16. The molecule has 2 rings (SSSR count). The van der Waals surface area contributed by atoms with Crippen LogP contribution in [0.25, 0.3) is 10.6 Å². The molecule has 1 unspecified atom stereocenters. The Labute approximate surface area is 175 Å². The van der Waals surface area contributed by atoms with E-state index in [9.17, 15) is 13.2 Å². The molecule has 1 aromatic carbocycles. The van der Waals surface area contributed by atoms with E-state index < -0.39 is 16.1 Å². The lowest BCUT2D eigenvalue weighted by Crippen LogP contribution is -2.47. The standard InChI is InChI=1S/C19H27N3O3S3/c1-4-28(24,25)22-17(10-12-26-3)18(23)20-11-9-16-13-27-19(21-16)15-7-5-14(2)6-8-15/h5-8,13,17,22H,4,9-12H2,1-3H3,(H,20,23). The van der Waals surface area contributed by atoms with E-state index in [0.29, 0.717) is 25.1 Å². The van der Waals surface area contributed by atoms with Crippen LogP contribution in [0, 0.1) is 6.92 Å². The van der Waals surface area contributed by atoms with Crippen LogP contribution in [0.15, 0.2) is 29.6 Å². The number of carbonyl (C=O) groups is 1. The Bertz CT molecular complexity index is 864. The highest BCUT2D eigenvalue weighted by Crippen LogP contribution is 2.24. The molecule has 0 radical (unpaired) electrons. The molecule has 1 heterocycles. The van der Waals surface area contributed by atoms with Crippen LogP contribution in [0.2, 0.25) is 0 Å². The summed E-state index contributed by atoms with van der Waals surface area (Å²) in [5.74, 6) is 0.368. The first-order valence-corrected chi connectivity index (χ1v) is 13.0. The van der Waals surface area contributed by atoms with E-state index >= 15 is 0 Å². The van der Waals surface area contributed by atoms with Crippen molar-refractivity contribution >= 4 is 39.0 Å². The number of aryl methyl sites for hydroxylation is 1. The van der Waals surface area contributed by atoms with Crippen molar-refractivity contribution in [3.05, 3.63) is 40.9 Å². The zero-order valence-corrected chi connectivity index (χ0v) is 18.8. The highest BCUT2D eigenvalue weighted by molar-refractivity contribution is 7.98. The Morgan fingerprint density at radius 3 is 2.64 bits per heavy atom. The van der Waals surface area contributed by atoms with Gasteiger partial charge in [-0.25, -0.2) is 18.1 Å². The van der Waals surface area contributed by atoms with Gasteiger partial charge in [-0.2, -0.15) is 11.8 Å². The third kappa shape index (κ3) is 7.20. The first kappa shape index (κ1) is 22.9. The molecule has 9 heteroatoms. The summed E-state index contributed by atoms with van der Waals surface area (Å²) < 4.78 is 26.1. The molecule has 154 valence electrons. The Kier molecular flexibility index (Phi) is 8.94. The van der Waals surface area contributed by atoms with Crippen molar-refractivity contribution in [2.45, 2.75) is 32.7 Å². The summed E-state index contributed by atoms with van der Waals surface area (Å²) in [5.41, 5.74) is 3.20. The molecule has 0 saturated heterocycles. The minimum atomic E-state index is -3.43. The van der Waals surface area contributed by atoms with Gasteiger partial charge >= 0.3 is 0 Å². The molecule has 0 aliphatic carbocycles. The van der Waals surface area contributed by atoms with Crippen LogP contribution in [0.4, 0.5) is 0 Å². The lowest BCUT2D eigenvalue weighted by molar-refractivity contribution is -0.122. The molecule has 0 fully saturated rings. The van der Waals surface area contributed by atoms with E-state index in [0.717, 1.165) is 16.3 Å². The van der Waals surface area contributed by atoms with Gasteiger partial charge in [-0.15, -0.1) is 11.3 Å². The van der Waals surface area contributed by atoms with Crippen LogP contribution >= 0.6 is 23.1 Å². The molecule has 0 aliphatic heterocycles. The molecule has 2 aromatic rings. The topological polar surface area (TPSA) is 88.2 Å². The van der Waals surface area contributed by atoms with Gasteiger partial charge in [0.05, 0.1) is 11.4 Å². The van der Waals surface area contributed by atoms with Crippen molar-refractivity contribution in [1.82, 2.24) is 15.0 Å². The number of carbonyl (C=O) groups excluding carboxylic acids is 1. The smallest absolute Gasteiger partial charge is 0.238 e. The van der Waals surface area contributed by atoms with Crippen LogP contribution in [-0.2, 0) is 21.2 Å². The van der Waals surface area contributed by atoms with Crippen LogP contribution in [0.3, 0.4) is 0 Å². The molecule has 6 nitrogen and oxygen atoms in total. The second kappa shape index (κ2) is 10.9. The number of thioether (sulfide) groups is 1. The van der Waals surface area contributed by atoms with Crippen LogP contribution < -0.4 is 10.0 Å². The second-order valence-corrected chi connectivity index (χ2v) is 10.3. The fraction of sp³-hybridized carbons (Fsp3) is 0.474. The Morgan fingerprint density at radius 1 is 1.29 bits per heavy atom. The van der Waals surface area contributed by atoms with Crippen molar-refractivity contribution in [1.29, 1.82) is 0 Å². The number of amides is 1. The van der Waals surface area contributed by atoms with Crippen molar-refractivity contribution in [3.8, 4) is 10.6 Å². The fourth-order valence-electron chi connectivity index (χ4n) is 2.47. The molecule has 1 atom stereocenters. The van der Waals surface area contributed by atoms with E-state index in [1.165, 1.54) is 5.56 Å². The number of aromatic nitrogens is 1. The fourth-order valence-corrected chi connectivity index (χ4v) is 4.62. The molecule has 0 aliphatic rings. The first-order valence-electron chi connectivity index (χ1n) is 9.12. The van der Waals surface area contributed by atoms with Gasteiger partial charge in [-0.1, -0.05) is 29.8 Å². The maximum absolute atomic E-state index is 12.4. The van der Waals surface area contributed by atoms with Crippen LogP contribution in [0.1, 0.15) is 24.6 Å². The summed E-state index contributed by atoms with van der Waals surface area (Å²) in [4.78, 5) is 17.1. The molecular weight excluding hydrogens is 414 g/mol. The van der Waals surface area contributed by atoms with Gasteiger partial charge in [0.25, 0.3) is 0 Å². The van der Waals surface area contributed by atoms with E-state index in [-0.39, 0.29) is 11.7 Å². The summed E-state index contributed by atoms with van der Waals surface area (Å²) in [6.45, 7) is 4.02. The summed E-state index contributed by atoms with van der Waals surface area (Å²) in [6.07, 6.45) is 2.99. The number of hydrogen-bond donors (Lipinski definition) is 2. The molecule has 0 spiro atoms. The quantitative estimate of drug-likeness (QED) is 0.560. The highest BCUT2D eigenvalue weighted by atomic mass is 32.2. The minimum absolute atomic E-state index is 0.0450. The molecule has 1 amide bonds. The third-order valence-corrected chi connectivity index (χ3v) is 7.15. The summed E-state index contributed by atoms with van der Waals surface area (Å²) in [5, 5.41) is 5.78. The molecule has 0 saturated carbocycles. The number of rotatable bonds is 11. The average molecular weight is 442 g/mol. The zero-order chi connectivity index (χ0) is 20.6. The number of nitrogens with zero attached hydrogens (tertiary/aromatic N) is 1. The molecule has 2 N–H and O–H groups in total. The van der Waals surface area contributed by atoms with Crippen molar-refractivity contribution in [3.63, 3.8) is 0 Å². The minimum Gasteiger partial charge on any atom is -0.354 e. The van der Waals surface area contributed by atoms with E-state index in [4.69, 9.17) is 0 Å². The Hall–Kier alpha value is -1.42. The summed E-state index contributed by atoms with van der Waals surface area (Å²) in [7, 11) is -3.43. The maximum atomic E-state index is 12.4. The second-order valence-electron chi connectivity index (χ2n) is 6.41. The van der Waals surface area contributed by atoms with Gasteiger partial charge in [0.2, 0.25) is 15.9 Å². The van der Waals surface area contributed by atoms with Gasteiger partial charge in [0, 0.05) is 23.9 Å². The normalized spacial score (nSPS) is 12.7. The van der Waals surface area contributed by atoms with Gasteiger partial charge in [-0.05, 0) is 32.3 Å². The van der Waals surface area contributed by atoms with Gasteiger partial charge in [0.15, 0.2) is 0 Å². The summed E-state index contributed by atoms with van der Waals surface area (Å²) in [6, 6.07) is 7.48. The van der Waals surface area contributed by atoms with Gasteiger partial charge < -0.3 is 5.32 Å². The van der Waals surface area contributed by atoms with Crippen molar-refractivity contribution in [2.24, 2.45) is 0 Å². The van der Waals surface area contributed by atoms with E-state index in [1.807, 2.05) is 18.6 Å². The molecular formula is C19H27N3O3S3. The molecule has 0 bridgehead atoms. The highest BCUT2D eigenvalue weighted by Gasteiger charge is 2.22. The number of sulfonamides is 1. The van der Waals surface area contributed by atoms with Crippen LogP contribution in [-0.4, -0.2) is 49.7 Å². The lowest BCUT2D eigenvalue weighted by atomic mass is 10.2. The largest absolute Gasteiger partial charge is 0.354 e. The third-order valence-electron chi connectivity index (χ3n) is 4.16. The molecule has 1 aromatic heterocycles. The predicted octanol–water partition coefficient (Wildman–Crippen LogP) is 2.84. The average Bonchev–Trinajstić information content (AvgIpc) is 3.14.